The summed E-state index contributed by atoms with van der Waals surface area (Å²) < 4.78 is 38.3. The Hall–Kier alpha value is -3.03. The molecule has 1 N–H and O–H groups in total. The molecule has 2 aliphatic rings. The maximum atomic E-state index is 13.7. The molecule has 0 radical (unpaired) electrons. The van der Waals surface area contributed by atoms with Crippen molar-refractivity contribution in [2.24, 2.45) is 0 Å². The van der Waals surface area contributed by atoms with Gasteiger partial charge in [0.15, 0.2) is 0 Å². The summed E-state index contributed by atoms with van der Waals surface area (Å²) in [6.07, 6.45) is 5.57. The molecule has 3 aromatic rings. The van der Waals surface area contributed by atoms with Gasteiger partial charge in [-0.25, -0.2) is 13.8 Å². The van der Waals surface area contributed by atoms with E-state index < -0.39 is 11.6 Å². The lowest BCUT2D eigenvalue weighted by molar-refractivity contribution is 0.180. The lowest BCUT2D eigenvalue weighted by Crippen LogP contribution is -2.43. The molecule has 3 heterocycles. The zero-order chi connectivity index (χ0) is 23.5. The average Bonchev–Trinajstić information content (AvgIpc) is 3.27. The van der Waals surface area contributed by atoms with E-state index in [2.05, 4.69) is 16.3 Å². The third kappa shape index (κ3) is 4.91. The zero-order valence-electron chi connectivity index (χ0n) is 19.3. The number of ether oxygens (including phenoxy) is 2. The van der Waals surface area contributed by atoms with Crippen LogP contribution in [-0.4, -0.2) is 55.8 Å². The fourth-order valence-corrected chi connectivity index (χ4v) is 4.92. The maximum absolute atomic E-state index is 13.7. The molecule has 5 nitrogen and oxygen atoms in total. The van der Waals surface area contributed by atoms with Gasteiger partial charge in [0.1, 0.15) is 17.4 Å². The number of benzene rings is 2. The number of rotatable bonds is 7. The van der Waals surface area contributed by atoms with Gasteiger partial charge in [0, 0.05) is 47.6 Å². The Labute approximate surface area is 198 Å². The second-order valence-corrected chi connectivity index (χ2v) is 8.96. The van der Waals surface area contributed by atoms with E-state index in [-0.39, 0.29) is 11.5 Å². The summed E-state index contributed by atoms with van der Waals surface area (Å²) in [5.41, 5.74) is 2.43. The van der Waals surface area contributed by atoms with Gasteiger partial charge in [-0.1, -0.05) is 12.2 Å². The molecule has 2 aliphatic heterocycles. The van der Waals surface area contributed by atoms with Crippen molar-refractivity contribution in [3.63, 3.8) is 0 Å². The van der Waals surface area contributed by atoms with Crippen LogP contribution in [0.4, 0.5) is 8.78 Å². The Morgan fingerprint density at radius 2 is 1.97 bits per heavy atom. The summed E-state index contributed by atoms with van der Waals surface area (Å²) in [5, 5.41) is 4.62. The first-order valence-electron chi connectivity index (χ1n) is 11.8. The van der Waals surface area contributed by atoms with Crippen molar-refractivity contribution < 1.29 is 18.3 Å². The normalized spacial score (nSPS) is 19.0. The molecule has 0 aliphatic carbocycles. The van der Waals surface area contributed by atoms with Gasteiger partial charge in [0.05, 0.1) is 19.2 Å². The maximum Gasteiger partial charge on any atom is 0.213 e. The molecule has 0 bridgehead atoms. The summed E-state index contributed by atoms with van der Waals surface area (Å²) in [5.74, 6) is 0.986. The first-order valence-corrected chi connectivity index (χ1v) is 11.8. The van der Waals surface area contributed by atoms with Gasteiger partial charge < -0.3 is 19.7 Å². The quantitative estimate of drug-likeness (QED) is 0.545. The topological polar surface area (TPSA) is 46.6 Å². The highest BCUT2D eigenvalue weighted by atomic mass is 19.1. The summed E-state index contributed by atoms with van der Waals surface area (Å²) in [7, 11) is 1.64. The summed E-state index contributed by atoms with van der Waals surface area (Å²) in [6, 6.07) is 11.9. The van der Waals surface area contributed by atoms with Gasteiger partial charge in [0.2, 0.25) is 5.88 Å². The number of halogens is 2. The van der Waals surface area contributed by atoms with E-state index in [9.17, 15) is 8.78 Å². The number of methoxy groups -OCH3 is 1. The molecular formula is C27H29F2N3O2. The number of nitrogens with zero attached hydrogens (tertiary/aromatic N) is 2. The fraction of sp³-hybridized carbons (Fsp3) is 0.370. The number of likely N-dealkylation sites (tertiary alicyclic amines) is 1. The molecule has 5 rings (SSSR count). The fourth-order valence-electron chi connectivity index (χ4n) is 4.92. The van der Waals surface area contributed by atoms with E-state index in [4.69, 9.17) is 14.5 Å². The van der Waals surface area contributed by atoms with Gasteiger partial charge in [-0.15, -0.1) is 0 Å². The van der Waals surface area contributed by atoms with Crippen LogP contribution in [0.15, 0.2) is 48.5 Å². The minimum Gasteiger partial charge on any atom is -0.493 e. The number of pyridine rings is 1. The predicted molar refractivity (Wildman–Crippen MR) is 129 cm³/mol. The van der Waals surface area contributed by atoms with Crippen LogP contribution in [0.1, 0.15) is 29.9 Å². The SMILES string of the molecule is COc1ccc2ccc3c(c2n1)C(CN1CCC(NC/C=C/c2cc(F)ccc2F)CC1)CO3. The number of fused-ring (bicyclic) bond motifs is 3. The zero-order valence-corrected chi connectivity index (χ0v) is 19.3. The van der Waals surface area contributed by atoms with Crippen molar-refractivity contribution in [3.8, 4) is 11.6 Å². The first kappa shape index (κ1) is 22.7. The molecular weight excluding hydrogens is 436 g/mol. The summed E-state index contributed by atoms with van der Waals surface area (Å²) >= 11 is 0. The van der Waals surface area contributed by atoms with E-state index in [0.717, 1.165) is 61.3 Å². The largest absolute Gasteiger partial charge is 0.493 e. The molecule has 0 spiro atoms. The van der Waals surface area contributed by atoms with Crippen LogP contribution in [0.25, 0.3) is 17.0 Å². The standard InChI is InChI=1S/C27H29F2N3O2/c1-33-25-9-5-18-4-8-24-26(27(18)31-25)20(17-34-24)16-32-13-10-22(11-14-32)30-12-2-3-19-15-21(28)6-7-23(19)29/h2-9,15,20,22,30H,10-14,16-17H2,1H3/b3-2+. The van der Waals surface area contributed by atoms with E-state index in [1.54, 1.807) is 13.2 Å². The van der Waals surface area contributed by atoms with Crippen molar-refractivity contribution in [1.82, 2.24) is 15.2 Å². The number of piperidine rings is 1. The van der Waals surface area contributed by atoms with Crippen LogP contribution in [-0.2, 0) is 0 Å². The highest BCUT2D eigenvalue weighted by Crippen LogP contribution is 2.39. The van der Waals surface area contributed by atoms with Crippen LogP contribution in [0.2, 0.25) is 0 Å². The molecule has 0 amide bonds. The van der Waals surface area contributed by atoms with Crippen molar-refractivity contribution >= 4 is 17.0 Å². The first-order chi connectivity index (χ1) is 16.6. The summed E-state index contributed by atoms with van der Waals surface area (Å²) in [4.78, 5) is 7.21. The third-order valence-electron chi connectivity index (χ3n) is 6.74. The lowest BCUT2D eigenvalue weighted by Gasteiger charge is -2.33. The van der Waals surface area contributed by atoms with Crippen LogP contribution in [0.3, 0.4) is 0 Å². The van der Waals surface area contributed by atoms with Crippen LogP contribution >= 0.6 is 0 Å². The van der Waals surface area contributed by atoms with Crippen molar-refractivity contribution in [1.29, 1.82) is 0 Å². The van der Waals surface area contributed by atoms with E-state index in [1.807, 2.05) is 24.3 Å². The minimum absolute atomic E-state index is 0.273. The van der Waals surface area contributed by atoms with Gasteiger partial charge >= 0.3 is 0 Å². The van der Waals surface area contributed by atoms with E-state index in [1.165, 1.54) is 11.6 Å². The third-order valence-corrected chi connectivity index (χ3v) is 6.74. The molecule has 178 valence electrons. The second-order valence-electron chi connectivity index (χ2n) is 8.96. The molecule has 1 saturated heterocycles. The lowest BCUT2D eigenvalue weighted by atomic mass is 9.96. The van der Waals surface area contributed by atoms with Gasteiger partial charge in [-0.2, -0.15) is 0 Å². The van der Waals surface area contributed by atoms with Gasteiger partial charge in [0.25, 0.3) is 0 Å². The summed E-state index contributed by atoms with van der Waals surface area (Å²) in [6.45, 7) is 4.26. The molecule has 7 heteroatoms. The Kier molecular flexibility index (Phi) is 6.74. The van der Waals surface area contributed by atoms with Gasteiger partial charge in [-0.05, 0) is 62.3 Å². The average molecular weight is 466 g/mol. The molecule has 0 saturated carbocycles. The Morgan fingerprint density at radius 3 is 2.79 bits per heavy atom. The van der Waals surface area contributed by atoms with E-state index >= 15 is 0 Å². The van der Waals surface area contributed by atoms with Crippen LogP contribution in [0, 0.1) is 11.6 Å². The number of hydrogen-bond acceptors (Lipinski definition) is 5. The molecule has 34 heavy (non-hydrogen) atoms. The molecule has 1 atom stereocenters. The Morgan fingerprint density at radius 1 is 1.15 bits per heavy atom. The van der Waals surface area contributed by atoms with Gasteiger partial charge in [-0.3, -0.25) is 0 Å². The highest BCUT2D eigenvalue weighted by Gasteiger charge is 2.30. The van der Waals surface area contributed by atoms with E-state index in [0.29, 0.717) is 25.1 Å². The molecule has 1 aromatic heterocycles. The highest BCUT2D eigenvalue weighted by molar-refractivity contribution is 5.85. The molecule has 2 aromatic carbocycles. The van der Waals surface area contributed by atoms with Crippen molar-refractivity contribution in [3.05, 3.63) is 71.3 Å². The minimum atomic E-state index is -0.431. The van der Waals surface area contributed by atoms with Crippen LogP contribution in [0.5, 0.6) is 11.6 Å². The number of nitrogens with one attached hydrogen (secondary N) is 1. The van der Waals surface area contributed by atoms with Crippen molar-refractivity contribution in [2.75, 3.05) is 39.9 Å². The van der Waals surface area contributed by atoms with Crippen LogP contribution < -0.4 is 14.8 Å². The predicted octanol–water partition coefficient (Wildman–Crippen LogP) is 4.77. The molecule has 1 fully saturated rings. The number of aromatic nitrogens is 1. The smallest absolute Gasteiger partial charge is 0.213 e. The molecule has 1 unspecified atom stereocenters. The van der Waals surface area contributed by atoms with Crippen molar-refractivity contribution in [2.45, 2.75) is 24.8 Å². The second kappa shape index (κ2) is 10.1. The Bertz CT molecular complexity index is 1190. The monoisotopic (exact) mass is 465 g/mol. The Balaban J connectivity index is 1.15. The number of hydrogen-bond donors (Lipinski definition) is 1.